The average molecular weight is 276 g/mol. The first-order valence-electron chi connectivity index (χ1n) is 6.30. The molecule has 1 aliphatic rings. The first-order valence-corrected chi connectivity index (χ1v) is 6.30. The fourth-order valence-corrected chi connectivity index (χ4v) is 1.81. The molecule has 20 heavy (non-hydrogen) atoms. The Bertz CT molecular complexity index is 504. The summed E-state index contributed by atoms with van der Waals surface area (Å²) in [5.74, 6) is -0.991. The number of nitrogens with one attached hydrogen (secondary N) is 1. The average Bonchev–Trinajstić information content (AvgIpc) is 2.47. The summed E-state index contributed by atoms with van der Waals surface area (Å²) in [6.07, 6.45) is 2.57. The Labute approximate surface area is 116 Å². The predicted octanol–water partition coefficient (Wildman–Crippen LogP) is 1.65. The Morgan fingerprint density at radius 1 is 1.20 bits per heavy atom. The molecule has 106 valence electrons. The van der Waals surface area contributed by atoms with E-state index in [2.05, 4.69) is 5.32 Å². The molecule has 1 heterocycles. The third kappa shape index (κ3) is 4.10. The molecular weight excluding hydrogens is 260 g/mol. The number of anilines is 1. The van der Waals surface area contributed by atoms with Gasteiger partial charge in [0, 0.05) is 24.9 Å². The number of aliphatic carboxylic acids is 1. The van der Waals surface area contributed by atoms with Gasteiger partial charge in [-0.15, -0.1) is 0 Å². The molecule has 2 amide bonds. The second kappa shape index (κ2) is 6.72. The van der Waals surface area contributed by atoms with Gasteiger partial charge in [0.15, 0.2) is 0 Å². The zero-order valence-electron chi connectivity index (χ0n) is 10.9. The van der Waals surface area contributed by atoms with Crippen molar-refractivity contribution < 1.29 is 19.4 Å². The zero-order valence-corrected chi connectivity index (χ0v) is 10.9. The highest BCUT2D eigenvalue weighted by molar-refractivity contribution is 5.89. The Balaban J connectivity index is 1.92. The molecule has 0 aromatic heterocycles. The SMILES string of the molecule is O=C(O)/C=C/c1ccc(NC(=O)N2CCOCC2)cc1. The minimum Gasteiger partial charge on any atom is -0.478 e. The van der Waals surface area contributed by atoms with Gasteiger partial charge >= 0.3 is 12.0 Å². The summed E-state index contributed by atoms with van der Waals surface area (Å²) in [7, 11) is 0. The summed E-state index contributed by atoms with van der Waals surface area (Å²) in [4.78, 5) is 24.0. The Morgan fingerprint density at radius 3 is 2.45 bits per heavy atom. The Kier molecular flexibility index (Phi) is 4.73. The van der Waals surface area contributed by atoms with Gasteiger partial charge in [-0.2, -0.15) is 0 Å². The quantitative estimate of drug-likeness (QED) is 0.823. The van der Waals surface area contributed by atoms with Crippen LogP contribution in [0.15, 0.2) is 30.3 Å². The van der Waals surface area contributed by atoms with E-state index in [-0.39, 0.29) is 6.03 Å². The molecule has 1 saturated heterocycles. The van der Waals surface area contributed by atoms with Crippen molar-refractivity contribution in [2.75, 3.05) is 31.6 Å². The van der Waals surface area contributed by atoms with E-state index in [9.17, 15) is 9.59 Å². The zero-order chi connectivity index (χ0) is 14.4. The molecule has 0 spiro atoms. The fourth-order valence-electron chi connectivity index (χ4n) is 1.81. The van der Waals surface area contributed by atoms with Gasteiger partial charge in [0.2, 0.25) is 0 Å². The summed E-state index contributed by atoms with van der Waals surface area (Å²) < 4.78 is 5.18. The van der Waals surface area contributed by atoms with Crippen molar-refractivity contribution in [3.05, 3.63) is 35.9 Å². The maximum atomic E-state index is 11.9. The summed E-state index contributed by atoms with van der Waals surface area (Å²) >= 11 is 0. The largest absolute Gasteiger partial charge is 0.478 e. The van der Waals surface area contributed by atoms with E-state index in [0.29, 0.717) is 32.0 Å². The second-order valence-corrected chi connectivity index (χ2v) is 4.32. The van der Waals surface area contributed by atoms with Crippen LogP contribution in [0.1, 0.15) is 5.56 Å². The van der Waals surface area contributed by atoms with Crippen LogP contribution >= 0.6 is 0 Å². The van der Waals surface area contributed by atoms with Gasteiger partial charge in [0.1, 0.15) is 0 Å². The lowest BCUT2D eigenvalue weighted by molar-refractivity contribution is -0.131. The molecule has 6 heteroatoms. The van der Waals surface area contributed by atoms with E-state index < -0.39 is 5.97 Å². The highest BCUT2D eigenvalue weighted by atomic mass is 16.5. The Hall–Kier alpha value is -2.34. The number of carboxylic acids is 1. The van der Waals surface area contributed by atoms with Crippen molar-refractivity contribution in [2.45, 2.75) is 0 Å². The standard InChI is InChI=1S/C14H16N2O4/c17-13(18)6-3-11-1-4-12(5-2-11)15-14(19)16-7-9-20-10-8-16/h1-6H,7-10H2,(H,15,19)(H,17,18)/b6-3+. The van der Waals surface area contributed by atoms with E-state index in [1.54, 1.807) is 29.2 Å². The number of carbonyl (C=O) groups excluding carboxylic acids is 1. The van der Waals surface area contributed by atoms with E-state index in [1.807, 2.05) is 0 Å². The number of urea groups is 1. The fraction of sp³-hybridized carbons (Fsp3) is 0.286. The van der Waals surface area contributed by atoms with Gasteiger partial charge < -0.3 is 20.1 Å². The number of carboxylic acid groups (broad SMARTS) is 1. The molecule has 2 rings (SSSR count). The first kappa shape index (κ1) is 14.1. The molecule has 1 aliphatic heterocycles. The predicted molar refractivity (Wildman–Crippen MR) is 74.5 cm³/mol. The van der Waals surface area contributed by atoms with Crippen LogP contribution < -0.4 is 5.32 Å². The summed E-state index contributed by atoms with van der Waals surface area (Å²) in [6, 6.07) is 6.81. The van der Waals surface area contributed by atoms with Crippen LogP contribution in [0.3, 0.4) is 0 Å². The van der Waals surface area contributed by atoms with Crippen molar-refractivity contribution >= 4 is 23.8 Å². The topological polar surface area (TPSA) is 78.9 Å². The van der Waals surface area contributed by atoms with Crippen LogP contribution in [0.4, 0.5) is 10.5 Å². The summed E-state index contributed by atoms with van der Waals surface area (Å²) in [6.45, 7) is 2.30. The maximum absolute atomic E-state index is 11.9. The van der Waals surface area contributed by atoms with E-state index >= 15 is 0 Å². The molecule has 1 aromatic rings. The van der Waals surface area contributed by atoms with Crippen molar-refractivity contribution in [3.63, 3.8) is 0 Å². The lowest BCUT2D eigenvalue weighted by Crippen LogP contribution is -2.43. The monoisotopic (exact) mass is 276 g/mol. The van der Waals surface area contributed by atoms with Crippen molar-refractivity contribution in [3.8, 4) is 0 Å². The van der Waals surface area contributed by atoms with Gasteiger partial charge in [-0.05, 0) is 23.8 Å². The smallest absolute Gasteiger partial charge is 0.328 e. The molecule has 1 fully saturated rings. The summed E-state index contributed by atoms with van der Waals surface area (Å²) in [5, 5.41) is 11.3. The molecule has 6 nitrogen and oxygen atoms in total. The molecule has 0 unspecified atom stereocenters. The second-order valence-electron chi connectivity index (χ2n) is 4.32. The third-order valence-corrected chi connectivity index (χ3v) is 2.88. The van der Waals surface area contributed by atoms with Crippen LogP contribution in [0.2, 0.25) is 0 Å². The summed E-state index contributed by atoms with van der Waals surface area (Å²) in [5.41, 5.74) is 1.44. The van der Waals surface area contributed by atoms with Crippen LogP contribution in [0.5, 0.6) is 0 Å². The first-order chi connectivity index (χ1) is 9.65. The van der Waals surface area contributed by atoms with Crippen molar-refractivity contribution in [1.29, 1.82) is 0 Å². The third-order valence-electron chi connectivity index (χ3n) is 2.88. The van der Waals surface area contributed by atoms with Crippen LogP contribution in [-0.2, 0) is 9.53 Å². The molecular formula is C14H16N2O4. The molecule has 1 aromatic carbocycles. The lowest BCUT2D eigenvalue weighted by atomic mass is 10.2. The van der Waals surface area contributed by atoms with Gasteiger partial charge in [-0.25, -0.2) is 9.59 Å². The van der Waals surface area contributed by atoms with Crippen molar-refractivity contribution in [1.82, 2.24) is 4.90 Å². The molecule has 0 saturated carbocycles. The van der Waals surface area contributed by atoms with Gasteiger partial charge in [0.25, 0.3) is 0 Å². The molecule has 0 bridgehead atoms. The number of rotatable bonds is 3. The maximum Gasteiger partial charge on any atom is 0.328 e. The minimum atomic E-state index is -0.991. The number of nitrogens with zero attached hydrogens (tertiary/aromatic N) is 1. The van der Waals surface area contributed by atoms with Gasteiger partial charge in [-0.3, -0.25) is 0 Å². The normalized spacial score (nSPS) is 15.3. The number of amides is 2. The van der Waals surface area contributed by atoms with Gasteiger partial charge in [0.05, 0.1) is 13.2 Å². The number of carbonyl (C=O) groups is 2. The highest BCUT2D eigenvalue weighted by Crippen LogP contribution is 2.12. The molecule has 0 radical (unpaired) electrons. The minimum absolute atomic E-state index is 0.151. The number of benzene rings is 1. The van der Waals surface area contributed by atoms with Crippen molar-refractivity contribution in [2.24, 2.45) is 0 Å². The van der Waals surface area contributed by atoms with E-state index in [1.165, 1.54) is 6.08 Å². The molecule has 0 aliphatic carbocycles. The number of hydrogen-bond donors (Lipinski definition) is 2. The van der Waals surface area contributed by atoms with Crippen LogP contribution in [0.25, 0.3) is 6.08 Å². The van der Waals surface area contributed by atoms with Crippen LogP contribution in [-0.4, -0.2) is 48.3 Å². The number of hydrogen-bond acceptors (Lipinski definition) is 3. The van der Waals surface area contributed by atoms with E-state index in [4.69, 9.17) is 9.84 Å². The van der Waals surface area contributed by atoms with Crippen LogP contribution in [0, 0.1) is 0 Å². The Morgan fingerprint density at radius 2 is 1.85 bits per heavy atom. The number of ether oxygens (including phenoxy) is 1. The van der Waals surface area contributed by atoms with E-state index in [0.717, 1.165) is 11.6 Å². The lowest BCUT2D eigenvalue weighted by Gasteiger charge is -2.26. The molecule has 0 atom stereocenters. The van der Waals surface area contributed by atoms with Gasteiger partial charge in [-0.1, -0.05) is 12.1 Å². The highest BCUT2D eigenvalue weighted by Gasteiger charge is 2.16. The molecule has 2 N–H and O–H groups in total. The number of morpholine rings is 1.